The third-order valence-corrected chi connectivity index (χ3v) is 5.51. The van der Waals surface area contributed by atoms with Gasteiger partial charge in [0.2, 0.25) is 0 Å². The number of nitrogens with one attached hydrogen (secondary N) is 1. The molecule has 1 N–H and O–H groups in total. The van der Waals surface area contributed by atoms with Crippen LogP contribution in [0.4, 0.5) is 0 Å². The Morgan fingerprint density at radius 2 is 2.00 bits per heavy atom. The summed E-state index contributed by atoms with van der Waals surface area (Å²) in [7, 11) is 1.56. The number of aliphatic imine (C=N–C) groups is 1. The predicted molar refractivity (Wildman–Crippen MR) is 120 cm³/mol. The largest absolute Gasteiger partial charge is 0.493 e. The Labute approximate surface area is 184 Å². The van der Waals surface area contributed by atoms with Crippen LogP contribution in [0.15, 0.2) is 75.8 Å². The fourth-order valence-electron chi connectivity index (χ4n) is 3.09. The molecule has 4 rings (SSSR count). The molecule has 8 heteroatoms. The minimum Gasteiger partial charge on any atom is -0.493 e. The van der Waals surface area contributed by atoms with Crippen molar-refractivity contribution in [1.82, 2.24) is 5.06 Å². The third kappa shape index (κ3) is 4.64. The second-order valence-electron chi connectivity index (χ2n) is 6.74. The Morgan fingerprint density at radius 1 is 1.19 bits per heavy atom. The number of amides is 1. The third-order valence-electron chi connectivity index (χ3n) is 4.53. The molecule has 0 bridgehead atoms. The molecule has 0 saturated heterocycles. The zero-order valence-corrected chi connectivity index (χ0v) is 17.9. The molecule has 0 aromatic heterocycles. The van der Waals surface area contributed by atoms with Gasteiger partial charge >= 0.3 is 0 Å². The van der Waals surface area contributed by atoms with Crippen LogP contribution in [0.2, 0.25) is 0 Å². The SMILES string of the molecule is COc1cc(/C=C2/C(=N)N3OC(C)=CC3=NC2=O)ccc1OCCSc1ccccc1. The summed E-state index contributed by atoms with van der Waals surface area (Å²) in [6.07, 6.45) is 3.22. The average Bonchev–Trinajstić information content (AvgIpc) is 3.15. The smallest absolute Gasteiger partial charge is 0.282 e. The van der Waals surface area contributed by atoms with Gasteiger partial charge in [0.15, 0.2) is 23.2 Å². The number of hydrogen-bond acceptors (Lipinski definition) is 6. The van der Waals surface area contributed by atoms with Gasteiger partial charge in [0.25, 0.3) is 5.91 Å². The van der Waals surface area contributed by atoms with Crippen LogP contribution in [0.5, 0.6) is 11.5 Å². The number of rotatable bonds is 7. The van der Waals surface area contributed by atoms with Crippen molar-refractivity contribution in [1.29, 1.82) is 5.41 Å². The lowest BCUT2D eigenvalue weighted by atomic mass is 10.1. The first-order chi connectivity index (χ1) is 15.0. The van der Waals surface area contributed by atoms with Crippen molar-refractivity contribution in [2.24, 2.45) is 4.99 Å². The van der Waals surface area contributed by atoms with Crippen LogP contribution in [-0.2, 0) is 9.63 Å². The fourth-order valence-corrected chi connectivity index (χ4v) is 3.84. The second kappa shape index (κ2) is 9.09. The number of hydrogen-bond donors (Lipinski definition) is 1. The Morgan fingerprint density at radius 3 is 2.77 bits per heavy atom. The van der Waals surface area contributed by atoms with Crippen molar-refractivity contribution in [2.45, 2.75) is 11.8 Å². The van der Waals surface area contributed by atoms with Gasteiger partial charge in [-0.2, -0.15) is 4.99 Å². The highest BCUT2D eigenvalue weighted by atomic mass is 32.2. The first kappa shape index (κ1) is 20.7. The lowest BCUT2D eigenvalue weighted by Crippen LogP contribution is -2.38. The summed E-state index contributed by atoms with van der Waals surface area (Å²) in [5.74, 6) is 2.32. The molecular formula is C23H21N3O4S. The number of fused-ring (bicyclic) bond motifs is 1. The summed E-state index contributed by atoms with van der Waals surface area (Å²) in [4.78, 5) is 23.0. The number of benzene rings is 2. The van der Waals surface area contributed by atoms with Gasteiger partial charge in [-0.3, -0.25) is 10.2 Å². The maximum absolute atomic E-state index is 12.4. The molecule has 31 heavy (non-hydrogen) atoms. The standard InChI is InChI=1S/C23H21N3O4S/c1-15-12-21-25-23(27)18(22(24)26(21)30-15)13-16-8-9-19(20(14-16)28-2)29-10-11-31-17-6-4-3-5-7-17/h3-9,12-14,24H,10-11H2,1-2H3/b18-13-,24-22?. The summed E-state index contributed by atoms with van der Waals surface area (Å²) in [6, 6.07) is 15.5. The molecule has 0 fully saturated rings. The zero-order valence-electron chi connectivity index (χ0n) is 17.1. The van der Waals surface area contributed by atoms with Crippen LogP contribution in [0.1, 0.15) is 12.5 Å². The van der Waals surface area contributed by atoms with Gasteiger partial charge in [-0.25, -0.2) is 0 Å². The first-order valence-electron chi connectivity index (χ1n) is 9.64. The Balaban J connectivity index is 1.44. The van der Waals surface area contributed by atoms with E-state index in [1.807, 2.05) is 24.3 Å². The molecule has 7 nitrogen and oxygen atoms in total. The van der Waals surface area contributed by atoms with E-state index in [4.69, 9.17) is 19.7 Å². The van der Waals surface area contributed by atoms with E-state index >= 15 is 0 Å². The highest BCUT2D eigenvalue weighted by Crippen LogP contribution is 2.30. The highest BCUT2D eigenvalue weighted by molar-refractivity contribution is 7.99. The maximum Gasteiger partial charge on any atom is 0.282 e. The highest BCUT2D eigenvalue weighted by Gasteiger charge is 2.34. The number of hydroxylamine groups is 2. The van der Waals surface area contributed by atoms with Crippen LogP contribution in [0.25, 0.3) is 6.08 Å². The number of carbonyl (C=O) groups is 1. The normalized spacial score (nSPS) is 16.6. The topological polar surface area (TPSA) is 84.2 Å². The van der Waals surface area contributed by atoms with Crippen LogP contribution < -0.4 is 9.47 Å². The van der Waals surface area contributed by atoms with Crippen LogP contribution >= 0.6 is 11.8 Å². The quantitative estimate of drug-likeness (QED) is 0.396. The van der Waals surface area contributed by atoms with Gasteiger partial charge in [-0.1, -0.05) is 24.3 Å². The van der Waals surface area contributed by atoms with Crippen LogP contribution in [0.3, 0.4) is 0 Å². The molecule has 2 aliphatic rings. The van der Waals surface area contributed by atoms with Gasteiger partial charge in [0, 0.05) is 16.7 Å². The van der Waals surface area contributed by atoms with Crippen molar-refractivity contribution < 1.29 is 19.1 Å². The van der Waals surface area contributed by atoms with E-state index in [1.165, 1.54) is 9.96 Å². The summed E-state index contributed by atoms with van der Waals surface area (Å²) >= 11 is 1.72. The molecule has 0 atom stereocenters. The molecule has 2 aromatic carbocycles. The number of carbonyl (C=O) groups excluding carboxylic acids is 1. The van der Waals surface area contributed by atoms with E-state index in [-0.39, 0.29) is 11.4 Å². The van der Waals surface area contributed by atoms with E-state index in [0.29, 0.717) is 35.3 Å². The van der Waals surface area contributed by atoms with E-state index in [9.17, 15) is 4.79 Å². The minimum absolute atomic E-state index is 0.0552. The molecule has 0 radical (unpaired) electrons. The lowest BCUT2D eigenvalue weighted by molar-refractivity contribution is -0.114. The number of nitrogens with zero attached hydrogens (tertiary/aromatic N) is 2. The van der Waals surface area contributed by atoms with Crippen molar-refractivity contribution in [2.75, 3.05) is 19.5 Å². The predicted octanol–water partition coefficient (Wildman–Crippen LogP) is 4.32. The molecule has 2 heterocycles. The van der Waals surface area contributed by atoms with Crippen molar-refractivity contribution in [3.05, 3.63) is 71.5 Å². The second-order valence-corrected chi connectivity index (χ2v) is 7.91. The first-order valence-corrected chi connectivity index (χ1v) is 10.6. The zero-order chi connectivity index (χ0) is 21.8. The van der Waals surface area contributed by atoms with Gasteiger partial charge in [-0.15, -0.1) is 16.8 Å². The van der Waals surface area contributed by atoms with Gasteiger partial charge < -0.3 is 14.3 Å². The summed E-state index contributed by atoms with van der Waals surface area (Å²) in [5.41, 5.74) is 0.834. The van der Waals surface area contributed by atoms with E-state index in [1.54, 1.807) is 50.1 Å². The molecule has 2 aromatic rings. The average molecular weight is 436 g/mol. The molecule has 158 valence electrons. The number of allylic oxidation sites excluding steroid dienone is 1. The molecular weight excluding hydrogens is 414 g/mol. The summed E-state index contributed by atoms with van der Waals surface area (Å²) < 4.78 is 11.3. The van der Waals surface area contributed by atoms with Gasteiger partial charge in [-0.05, 0) is 42.8 Å². The Bertz CT molecular complexity index is 1110. The maximum atomic E-state index is 12.4. The summed E-state index contributed by atoms with van der Waals surface area (Å²) in [5, 5.41) is 9.54. The molecule has 1 amide bonds. The molecule has 0 saturated carbocycles. The minimum atomic E-state index is -0.483. The monoisotopic (exact) mass is 435 g/mol. The van der Waals surface area contributed by atoms with E-state index < -0.39 is 5.91 Å². The van der Waals surface area contributed by atoms with Gasteiger partial charge in [0.1, 0.15) is 5.76 Å². The van der Waals surface area contributed by atoms with E-state index in [2.05, 4.69) is 17.1 Å². The fraction of sp³-hybridized carbons (Fsp3) is 0.174. The Kier molecular flexibility index (Phi) is 6.08. The number of thioether (sulfide) groups is 1. The van der Waals surface area contributed by atoms with Crippen LogP contribution in [-0.4, -0.2) is 42.1 Å². The van der Waals surface area contributed by atoms with E-state index in [0.717, 1.165) is 5.75 Å². The lowest BCUT2D eigenvalue weighted by Gasteiger charge is -2.23. The number of amidine groups is 2. The van der Waals surface area contributed by atoms with Gasteiger partial charge in [0.05, 0.1) is 19.3 Å². The molecule has 0 aliphatic carbocycles. The van der Waals surface area contributed by atoms with Crippen molar-refractivity contribution >= 4 is 35.4 Å². The molecule has 2 aliphatic heterocycles. The summed E-state index contributed by atoms with van der Waals surface area (Å²) in [6.45, 7) is 2.26. The van der Waals surface area contributed by atoms with Crippen molar-refractivity contribution in [3.8, 4) is 11.5 Å². The molecule has 0 unspecified atom stereocenters. The van der Waals surface area contributed by atoms with Crippen LogP contribution in [0, 0.1) is 5.41 Å². The van der Waals surface area contributed by atoms with Crippen molar-refractivity contribution in [3.63, 3.8) is 0 Å². The number of ether oxygens (including phenoxy) is 2. The molecule has 0 spiro atoms. The Hall–Kier alpha value is -3.52. The number of methoxy groups -OCH3 is 1.